The second-order valence-corrected chi connectivity index (χ2v) is 4.68. The van der Waals surface area contributed by atoms with Crippen molar-refractivity contribution in [1.29, 1.82) is 5.26 Å². The molecule has 1 amide bonds. The molecule has 1 N–H and O–H groups in total. The number of carbonyl (C=O) groups is 1. The summed E-state index contributed by atoms with van der Waals surface area (Å²) in [6, 6.07) is 9.96. The van der Waals surface area contributed by atoms with E-state index in [2.05, 4.69) is 11.4 Å². The van der Waals surface area contributed by atoms with E-state index in [4.69, 9.17) is 5.26 Å². The van der Waals surface area contributed by atoms with Crippen LogP contribution in [0.5, 0.6) is 0 Å². The summed E-state index contributed by atoms with van der Waals surface area (Å²) < 4.78 is 1.82. The zero-order valence-electron chi connectivity index (χ0n) is 11.2. The molecule has 2 rings (SSSR count). The highest BCUT2D eigenvalue weighted by molar-refractivity contribution is 5.88. The van der Waals surface area contributed by atoms with Crippen molar-refractivity contribution in [2.24, 2.45) is 0 Å². The standard InChI is InChI=1S/C15H17N3O/c1-3-11(2)17-15(19)10-18-9-12(8-16)13-6-4-5-7-14(13)18/h4-7,9,11H,3,10H2,1-2H3,(H,17,19)/t11-/m1/s1. The lowest BCUT2D eigenvalue weighted by Gasteiger charge is -2.12. The Hall–Kier alpha value is -2.28. The Morgan fingerprint density at radius 1 is 1.47 bits per heavy atom. The maximum Gasteiger partial charge on any atom is 0.240 e. The van der Waals surface area contributed by atoms with Crippen LogP contribution < -0.4 is 5.32 Å². The lowest BCUT2D eigenvalue weighted by atomic mass is 10.2. The smallest absolute Gasteiger partial charge is 0.240 e. The van der Waals surface area contributed by atoms with E-state index in [1.54, 1.807) is 6.20 Å². The Kier molecular flexibility index (Phi) is 3.86. The second kappa shape index (κ2) is 5.57. The van der Waals surface area contributed by atoms with Gasteiger partial charge in [0.15, 0.2) is 0 Å². The fourth-order valence-corrected chi connectivity index (χ4v) is 2.04. The van der Waals surface area contributed by atoms with E-state index in [0.29, 0.717) is 5.56 Å². The molecule has 4 heteroatoms. The summed E-state index contributed by atoms with van der Waals surface area (Å²) in [5.41, 5.74) is 1.52. The van der Waals surface area contributed by atoms with Gasteiger partial charge in [0.05, 0.1) is 5.56 Å². The van der Waals surface area contributed by atoms with Gasteiger partial charge in [-0.3, -0.25) is 4.79 Å². The van der Waals surface area contributed by atoms with Gasteiger partial charge in [-0.15, -0.1) is 0 Å². The third kappa shape index (κ3) is 2.76. The highest BCUT2D eigenvalue weighted by atomic mass is 16.2. The summed E-state index contributed by atoms with van der Waals surface area (Å²) in [6.45, 7) is 4.25. The zero-order valence-corrected chi connectivity index (χ0v) is 11.2. The van der Waals surface area contributed by atoms with Crippen molar-refractivity contribution in [1.82, 2.24) is 9.88 Å². The van der Waals surface area contributed by atoms with Gasteiger partial charge in [0.2, 0.25) is 5.91 Å². The van der Waals surface area contributed by atoms with Gasteiger partial charge in [-0.1, -0.05) is 25.1 Å². The number of fused-ring (bicyclic) bond motifs is 1. The topological polar surface area (TPSA) is 57.8 Å². The number of nitrogens with zero attached hydrogens (tertiary/aromatic N) is 2. The number of aromatic nitrogens is 1. The average molecular weight is 255 g/mol. The Bertz CT molecular complexity index is 636. The Balaban J connectivity index is 2.26. The molecule has 0 unspecified atom stereocenters. The molecule has 0 radical (unpaired) electrons. The molecule has 1 atom stereocenters. The monoisotopic (exact) mass is 255 g/mol. The van der Waals surface area contributed by atoms with Crippen LogP contribution in [0, 0.1) is 11.3 Å². The van der Waals surface area contributed by atoms with Gasteiger partial charge in [-0.2, -0.15) is 5.26 Å². The van der Waals surface area contributed by atoms with Crippen molar-refractivity contribution in [3.05, 3.63) is 36.0 Å². The molecule has 0 fully saturated rings. The van der Waals surface area contributed by atoms with Crippen LogP contribution in [0.25, 0.3) is 10.9 Å². The van der Waals surface area contributed by atoms with Crippen LogP contribution in [-0.2, 0) is 11.3 Å². The molecule has 19 heavy (non-hydrogen) atoms. The Morgan fingerprint density at radius 3 is 2.89 bits per heavy atom. The molecule has 1 aromatic carbocycles. The minimum Gasteiger partial charge on any atom is -0.352 e. The number of hydrogen-bond donors (Lipinski definition) is 1. The van der Waals surface area contributed by atoms with Crippen molar-refractivity contribution in [2.75, 3.05) is 0 Å². The molecule has 0 aliphatic rings. The van der Waals surface area contributed by atoms with Crippen molar-refractivity contribution < 1.29 is 4.79 Å². The average Bonchev–Trinajstić information content (AvgIpc) is 2.77. The molecule has 0 saturated carbocycles. The third-order valence-corrected chi connectivity index (χ3v) is 3.24. The molecule has 4 nitrogen and oxygen atoms in total. The minimum absolute atomic E-state index is 0.0282. The predicted octanol–water partition coefficient (Wildman–Crippen LogP) is 2.43. The van der Waals surface area contributed by atoms with Crippen LogP contribution >= 0.6 is 0 Å². The first-order valence-corrected chi connectivity index (χ1v) is 6.43. The van der Waals surface area contributed by atoms with E-state index in [9.17, 15) is 4.79 Å². The molecule has 1 heterocycles. The van der Waals surface area contributed by atoms with Gasteiger partial charge >= 0.3 is 0 Å². The number of amides is 1. The number of rotatable bonds is 4. The SMILES string of the molecule is CC[C@@H](C)NC(=O)Cn1cc(C#N)c2ccccc21. The van der Waals surface area contributed by atoms with Gasteiger partial charge in [-0.25, -0.2) is 0 Å². The lowest BCUT2D eigenvalue weighted by molar-refractivity contribution is -0.122. The first-order valence-electron chi connectivity index (χ1n) is 6.43. The zero-order chi connectivity index (χ0) is 13.8. The van der Waals surface area contributed by atoms with Gasteiger partial charge < -0.3 is 9.88 Å². The van der Waals surface area contributed by atoms with Crippen molar-refractivity contribution in [2.45, 2.75) is 32.9 Å². The molecular formula is C15H17N3O. The number of benzene rings is 1. The van der Waals surface area contributed by atoms with Crippen molar-refractivity contribution >= 4 is 16.8 Å². The quantitative estimate of drug-likeness (QED) is 0.912. The lowest BCUT2D eigenvalue weighted by Crippen LogP contribution is -2.34. The molecule has 2 aromatic rings. The van der Waals surface area contributed by atoms with Crippen LogP contribution in [0.2, 0.25) is 0 Å². The summed E-state index contributed by atoms with van der Waals surface area (Å²) in [6.07, 6.45) is 2.64. The molecule has 1 aromatic heterocycles. The molecular weight excluding hydrogens is 238 g/mol. The van der Waals surface area contributed by atoms with Crippen LogP contribution in [-0.4, -0.2) is 16.5 Å². The van der Waals surface area contributed by atoms with E-state index < -0.39 is 0 Å². The summed E-state index contributed by atoms with van der Waals surface area (Å²) in [4.78, 5) is 11.9. The second-order valence-electron chi connectivity index (χ2n) is 4.68. The summed E-state index contributed by atoms with van der Waals surface area (Å²) in [7, 11) is 0. The van der Waals surface area contributed by atoms with E-state index in [1.807, 2.05) is 42.7 Å². The molecule has 98 valence electrons. The number of nitrogens with one attached hydrogen (secondary N) is 1. The number of hydrogen-bond acceptors (Lipinski definition) is 2. The van der Waals surface area contributed by atoms with Crippen molar-refractivity contribution in [3.63, 3.8) is 0 Å². The third-order valence-electron chi connectivity index (χ3n) is 3.24. The van der Waals surface area contributed by atoms with Crippen LogP contribution in [0.4, 0.5) is 0 Å². The largest absolute Gasteiger partial charge is 0.352 e. The van der Waals surface area contributed by atoms with Gasteiger partial charge in [0, 0.05) is 23.1 Å². The summed E-state index contributed by atoms with van der Waals surface area (Å²) in [5.74, 6) is -0.0282. The number of para-hydroxylation sites is 1. The molecule has 0 aliphatic heterocycles. The van der Waals surface area contributed by atoms with Gasteiger partial charge in [0.1, 0.15) is 12.6 Å². The summed E-state index contributed by atoms with van der Waals surface area (Å²) >= 11 is 0. The molecule has 0 bridgehead atoms. The van der Waals surface area contributed by atoms with Gasteiger partial charge in [-0.05, 0) is 19.4 Å². The van der Waals surface area contributed by atoms with E-state index in [1.165, 1.54) is 0 Å². The Labute approximate surface area is 112 Å². The van der Waals surface area contributed by atoms with E-state index in [-0.39, 0.29) is 18.5 Å². The fourth-order valence-electron chi connectivity index (χ4n) is 2.04. The maximum absolute atomic E-state index is 11.9. The minimum atomic E-state index is -0.0282. The Morgan fingerprint density at radius 2 is 2.21 bits per heavy atom. The van der Waals surface area contributed by atoms with Crippen LogP contribution in [0.3, 0.4) is 0 Å². The molecule has 0 saturated heterocycles. The fraction of sp³-hybridized carbons (Fsp3) is 0.333. The maximum atomic E-state index is 11.9. The molecule has 0 spiro atoms. The first kappa shape index (κ1) is 13.2. The van der Waals surface area contributed by atoms with Crippen LogP contribution in [0.1, 0.15) is 25.8 Å². The number of carbonyl (C=O) groups excluding carboxylic acids is 1. The highest BCUT2D eigenvalue weighted by Crippen LogP contribution is 2.20. The normalized spacial score (nSPS) is 12.1. The molecule has 0 aliphatic carbocycles. The van der Waals surface area contributed by atoms with E-state index >= 15 is 0 Å². The highest BCUT2D eigenvalue weighted by Gasteiger charge is 2.11. The predicted molar refractivity (Wildman–Crippen MR) is 74.5 cm³/mol. The summed E-state index contributed by atoms with van der Waals surface area (Å²) in [5, 5.41) is 12.9. The van der Waals surface area contributed by atoms with Crippen molar-refractivity contribution in [3.8, 4) is 6.07 Å². The van der Waals surface area contributed by atoms with E-state index in [0.717, 1.165) is 17.3 Å². The number of nitriles is 1. The first-order chi connectivity index (χ1) is 9.15. The van der Waals surface area contributed by atoms with Crippen LogP contribution in [0.15, 0.2) is 30.5 Å². The van der Waals surface area contributed by atoms with Gasteiger partial charge in [0.25, 0.3) is 0 Å².